The number of amides is 1. The van der Waals surface area contributed by atoms with Crippen molar-refractivity contribution >= 4 is 21.8 Å². The molecular weight excluding hydrogens is 298 g/mol. The maximum Gasteiger partial charge on any atom is 0.220 e. The van der Waals surface area contributed by atoms with E-state index >= 15 is 0 Å². The van der Waals surface area contributed by atoms with Gasteiger partial charge in [-0.1, -0.05) is 22.5 Å². The van der Waals surface area contributed by atoms with Crippen molar-refractivity contribution in [2.45, 2.75) is 37.9 Å². The summed E-state index contributed by atoms with van der Waals surface area (Å²) in [6, 6.07) is 0. The molecule has 0 radical (unpaired) electrons. The summed E-state index contributed by atoms with van der Waals surface area (Å²) in [6.45, 7) is 5.61. The highest BCUT2D eigenvalue weighted by atomic mass is 79.9. The predicted molar refractivity (Wildman–Crippen MR) is 72.3 cm³/mol. The highest BCUT2D eigenvalue weighted by Gasteiger charge is 2.40. The number of nitrogens with one attached hydrogen (secondary N) is 1. The Morgan fingerprint density at radius 1 is 1.33 bits per heavy atom. The summed E-state index contributed by atoms with van der Waals surface area (Å²) in [4.78, 5) is 11.7. The number of rotatable bonds is 4. The molecule has 1 saturated carbocycles. The molecule has 1 aliphatic carbocycles. The molecule has 1 N–H and O–H groups in total. The van der Waals surface area contributed by atoms with E-state index in [1.807, 2.05) is 0 Å². The molecular formula is C13H20BrNO3. The third kappa shape index (κ3) is 3.80. The zero-order chi connectivity index (χ0) is 13.0. The molecule has 1 heterocycles. The molecule has 102 valence electrons. The quantitative estimate of drug-likeness (QED) is 0.865. The van der Waals surface area contributed by atoms with Crippen LogP contribution in [0.5, 0.6) is 0 Å². The van der Waals surface area contributed by atoms with E-state index in [-0.39, 0.29) is 11.7 Å². The molecule has 2 rings (SSSR count). The van der Waals surface area contributed by atoms with E-state index in [0.29, 0.717) is 32.1 Å². The van der Waals surface area contributed by atoms with Crippen molar-refractivity contribution in [3.63, 3.8) is 0 Å². The lowest BCUT2D eigenvalue weighted by Gasteiger charge is -2.35. The molecule has 1 aliphatic heterocycles. The fourth-order valence-corrected chi connectivity index (χ4v) is 2.78. The molecule has 0 aromatic rings. The maximum atomic E-state index is 11.7. The van der Waals surface area contributed by atoms with Gasteiger partial charge in [-0.2, -0.15) is 0 Å². The monoisotopic (exact) mass is 317 g/mol. The largest absolute Gasteiger partial charge is 0.352 e. The topological polar surface area (TPSA) is 47.6 Å². The standard InChI is InChI=1S/C13H20BrNO3/c1-10(14)9-15-12(16)8-11-2-4-13(5-3-11)17-6-7-18-13/h11H,1-9H2,(H,15,16). The minimum atomic E-state index is -0.322. The average molecular weight is 318 g/mol. The van der Waals surface area contributed by atoms with Gasteiger partial charge in [-0.3, -0.25) is 4.79 Å². The molecule has 0 atom stereocenters. The first-order valence-corrected chi connectivity index (χ1v) is 7.27. The molecule has 1 amide bonds. The Morgan fingerprint density at radius 3 is 2.50 bits per heavy atom. The highest BCUT2D eigenvalue weighted by Crippen LogP contribution is 2.39. The number of hydrogen-bond donors (Lipinski definition) is 1. The van der Waals surface area contributed by atoms with Gasteiger partial charge in [0.2, 0.25) is 5.91 Å². The molecule has 0 unspecified atom stereocenters. The van der Waals surface area contributed by atoms with E-state index < -0.39 is 0 Å². The van der Waals surface area contributed by atoms with Crippen molar-refractivity contribution in [1.82, 2.24) is 5.32 Å². The normalized spacial score (nSPS) is 23.2. The minimum absolute atomic E-state index is 0.102. The zero-order valence-electron chi connectivity index (χ0n) is 10.5. The Morgan fingerprint density at radius 2 is 1.94 bits per heavy atom. The van der Waals surface area contributed by atoms with Gasteiger partial charge >= 0.3 is 0 Å². The zero-order valence-corrected chi connectivity index (χ0v) is 12.1. The second-order valence-corrected chi connectivity index (χ2v) is 6.17. The van der Waals surface area contributed by atoms with Crippen LogP contribution in [-0.2, 0) is 14.3 Å². The molecule has 5 heteroatoms. The lowest BCUT2D eigenvalue weighted by atomic mass is 9.83. The van der Waals surface area contributed by atoms with Crippen molar-refractivity contribution < 1.29 is 14.3 Å². The van der Waals surface area contributed by atoms with Gasteiger partial charge in [-0.15, -0.1) is 0 Å². The van der Waals surface area contributed by atoms with Crippen LogP contribution in [0.1, 0.15) is 32.1 Å². The molecule has 0 aromatic heterocycles. The van der Waals surface area contributed by atoms with Crippen LogP contribution in [0.25, 0.3) is 0 Å². The van der Waals surface area contributed by atoms with Crippen molar-refractivity contribution in [2.75, 3.05) is 19.8 Å². The summed E-state index contributed by atoms with van der Waals surface area (Å²) in [5.74, 6) is 0.230. The molecule has 2 fully saturated rings. The lowest BCUT2D eigenvalue weighted by Crippen LogP contribution is -2.36. The Kier molecular flexibility index (Phi) is 4.81. The Labute approximate surface area is 116 Å². The van der Waals surface area contributed by atoms with Gasteiger partial charge < -0.3 is 14.8 Å². The van der Waals surface area contributed by atoms with Crippen molar-refractivity contribution in [2.24, 2.45) is 5.92 Å². The van der Waals surface area contributed by atoms with Crippen LogP contribution in [-0.4, -0.2) is 31.5 Å². The molecule has 1 saturated heterocycles. The Balaban J connectivity index is 1.70. The molecule has 0 aromatic carbocycles. The second-order valence-electron chi connectivity index (χ2n) is 5.05. The van der Waals surface area contributed by atoms with Crippen molar-refractivity contribution in [3.8, 4) is 0 Å². The van der Waals surface area contributed by atoms with E-state index in [4.69, 9.17) is 9.47 Å². The van der Waals surface area contributed by atoms with Gasteiger partial charge in [0.25, 0.3) is 0 Å². The number of ether oxygens (including phenoxy) is 2. The number of halogens is 1. The third-order valence-electron chi connectivity index (χ3n) is 3.63. The van der Waals surface area contributed by atoms with Gasteiger partial charge in [-0.25, -0.2) is 0 Å². The molecule has 18 heavy (non-hydrogen) atoms. The van der Waals surface area contributed by atoms with Crippen LogP contribution in [0.15, 0.2) is 11.1 Å². The van der Waals surface area contributed by atoms with Crippen molar-refractivity contribution in [3.05, 3.63) is 11.1 Å². The number of carbonyl (C=O) groups excluding carboxylic acids is 1. The van der Waals surface area contributed by atoms with Gasteiger partial charge in [-0.05, 0) is 18.8 Å². The van der Waals surface area contributed by atoms with E-state index in [0.717, 1.165) is 30.2 Å². The summed E-state index contributed by atoms with van der Waals surface area (Å²) in [6.07, 6.45) is 4.42. The minimum Gasteiger partial charge on any atom is -0.352 e. The van der Waals surface area contributed by atoms with E-state index in [1.54, 1.807) is 0 Å². The van der Waals surface area contributed by atoms with Gasteiger partial charge in [0.1, 0.15) is 0 Å². The van der Waals surface area contributed by atoms with E-state index in [9.17, 15) is 4.79 Å². The van der Waals surface area contributed by atoms with Gasteiger partial charge in [0.15, 0.2) is 5.79 Å². The van der Waals surface area contributed by atoms with Gasteiger partial charge in [0, 0.05) is 30.3 Å². The second kappa shape index (κ2) is 6.17. The first-order chi connectivity index (χ1) is 8.60. The van der Waals surface area contributed by atoms with E-state index in [2.05, 4.69) is 27.8 Å². The van der Waals surface area contributed by atoms with Crippen LogP contribution >= 0.6 is 15.9 Å². The highest BCUT2D eigenvalue weighted by molar-refractivity contribution is 9.11. The summed E-state index contributed by atoms with van der Waals surface area (Å²) in [5, 5.41) is 2.84. The average Bonchev–Trinajstić information content (AvgIpc) is 2.79. The summed E-state index contributed by atoms with van der Waals surface area (Å²) in [5.41, 5.74) is 0. The first kappa shape index (κ1) is 14.0. The number of hydrogen-bond acceptors (Lipinski definition) is 3. The predicted octanol–water partition coefficient (Wildman–Crippen LogP) is 2.33. The fraction of sp³-hybridized carbons (Fsp3) is 0.769. The summed E-state index contributed by atoms with van der Waals surface area (Å²) < 4.78 is 12.1. The lowest BCUT2D eigenvalue weighted by molar-refractivity contribution is -0.183. The van der Waals surface area contributed by atoms with Crippen LogP contribution < -0.4 is 5.32 Å². The van der Waals surface area contributed by atoms with Gasteiger partial charge in [0.05, 0.1) is 13.2 Å². The van der Waals surface area contributed by atoms with Crippen molar-refractivity contribution in [1.29, 1.82) is 0 Å². The smallest absolute Gasteiger partial charge is 0.220 e. The Hall–Kier alpha value is -0.390. The fourth-order valence-electron chi connectivity index (χ4n) is 2.64. The molecule has 1 spiro atoms. The molecule has 0 bridgehead atoms. The van der Waals surface area contributed by atoms with Crippen LogP contribution in [0.3, 0.4) is 0 Å². The maximum absolute atomic E-state index is 11.7. The molecule has 2 aliphatic rings. The SMILES string of the molecule is C=C(Br)CNC(=O)CC1CCC2(CC1)OCCO2. The van der Waals surface area contributed by atoms with Crippen LogP contribution in [0.4, 0.5) is 0 Å². The van der Waals surface area contributed by atoms with Crippen LogP contribution in [0, 0.1) is 5.92 Å². The third-order valence-corrected chi connectivity index (χ3v) is 3.91. The Bertz CT molecular complexity index is 316. The summed E-state index contributed by atoms with van der Waals surface area (Å²) >= 11 is 3.23. The molecule has 4 nitrogen and oxygen atoms in total. The van der Waals surface area contributed by atoms with E-state index in [1.165, 1.54) is 0 Å². The summed E-state index contributed by atoms with van der Waals surface area (Å²) in [7, 11) is 0. The number of carbonyl (C=O) groups is 1. The van der Waals surface area contributed by atoms with Crippen LogP contribution in [0.2, 0.25) is 0 Å². The first-order valence-electron chi connectivity index (χ1n) is 6.47.